The number of allylic oxidation sites excluding steroid dienone is 1. The molecule has 3 amide bonds. The van der Waals surface area contributed by atoms with Crippen molar-refractivity contribution in [3.8, 4) is 5.75 Å². The van der Waals surface area contributed by atoms with E-state index in [9.17, 15) is 29.1 Å². The van der Waals surface area contributed by atoms with Gasteiger partial charge in [-0.1, -0.05) is 26.8 Å². The molecule has 0 spiro atoms. The fourth-order valence-corrected chi connectivity index (χ4v) is 4.58. The highest BCUT2D eigenvalue weighted by atomic mass is 16.6. The van der Waals surface area contributed by atoms with Crippen molar-refractivity contribution < 1.29 is 33.8 Å². The molecule has 248 valence electrons. The molecule has 0 aliphatic heterocycles. The number of ether oxygens (including phenoxy) is 2. The van der Waals surface area contributed by atoms with E-state index in [1.807, 2.05) is 6.07 Å². The summed E-state index contributed by atoms with van der Waals surface area (Å²) in [5.41, 5.74) is 0.749. The van der Waals surface area contributed by atoms with Gasteiger partial charge in [0, 0.05) is 40.5 Å². The van der Waals surface area contributed by atoms with Gasteiger partial charge in [0.2, 0.25) is 5.91 Å². The number of amides is 3. The Balaban J connectivity index is 1.94. The summed E-state index contributed by atoms with van der Waals surface area (Å²) in [6.45, 7) is 5.95. The predicted octanol–water partition coefficient (Wildman–Crippen LogP) is 3.80. The Kier molecular flexibility index (Phi) is 11.3. The standard InChI is InChI=1S/C32H42N6O8/c1-32(2,3)18-20-16-21(45-8)17-23-27(20)34-25(38(23)30(42)43)19-37-15-11-12-22(29(37)41)33-28(40)24(46-31(44)36(6)7)13-9-10-14-26(39)35(4)5/h10-12,14-17,24H,9,13,18-19H2,1-8H3,(H,33,40)(H,42,43)/b14-10+. The summed E-state index contributed by atoms with van der Waals surface area (Å²) in [7, 11) is 7.64. The Morgan fingerprint density at radius 3 is 2.39 bits per heavy atom. The van der Waals surface area contributed by atoms with Gasteiger partial charge in [-0.15, -0.1) is 0 Å². The molecule has 14 heteroatoms. The first-order valence-corrected chi connectivity index (χ1v) is 14.6. The average molecular weight is 639 g/mol. The quantitative estimate of drug-likeness (QED) is 0.297. The van der Waals surface area contributed by atoms with E-state index in [2.05, 4.69) is 31.1 Å². The molecule has 1 unspecified atom stereocenters. The number of hydrogen-bond acceptors (Lipinski definition) is 8. The number of aromatic nitrogens is 3. The van der Waals surface area contributed by atoms with Gasteiger partial charge in [-0.2, -0.15) is 0 Å². The molecule has 1 aromatic carbocycles. The van der Waals surface area contributed by atoms with E-state index in [4.69, 9.17) is 9.47 Å². The third-order valence-electron chi connectivity index (χ3n) is 6.82. The van der Waals surface area contributed by atoms with Crippen LogP contribution in [0.15, 0.2) is 47.4 Å². The molecule has 0 radical (unpaired) electrons. The second-order valence-corrected chi connectivity index (χ2v) is 12.4. The van der Waals surface area contributed by atoms with Crippen molar-refractivity contribution in [2.45, 2.75) is 52.7 Å². The number of likely N-dealkylation sites (N-methyl/N-ethyl adjacent to an activating group) is 1. The maximum atomic E-state index is 13.5. The molecule has 0 aliphatic rings. The van der Waals surface area contributed by atoms with Crippen molar-refractivity contribution in [1.82, 2.24) is 23.9 Å². The van der Waals surface area contributed by atoms with Crippen LogP contribution in [0.2, 0.25) is 0 Å². The van der Waals surface area contributed by atoms with Crippen molar-refractivity contribution in [3.63, 3.8) is 0 Å². The Labute approximate surface area is 267 Å². The monoisotopic (exact) mass is 638 g/mol. The van der Waals surface area contributed by atoms with Crippen molar-refractivity contribution in [2.75, 3.05) is 40.6 Å². The zero-order valence-electron chi connectivity index (χ0n) is 27.5. The van der Waals surface area contributed by atoms with E-state index in [0.717, 1.165) is 15.0 Å². The minimum Gasteiger partial charge on any atom is -0.497 e. The topological polar surface area (TPSA) is 165 Å². The van der Waals surface area contributed by atoms with Gasteiger partial charge in [-0.25, -0.2) is 19.1 Å². The molecule has 46 heavy (non-hydrogen) atoms. The number of carboxylic acid groups (broad SMARTS) is 1. The van der Waals surface area contributed by atoms with Crippen LogP contribution in [0.4, 0.5) is 15.3 Å². The van der Waals surface area contributed by atoms with E-state index in [1.54, 1.807) is 26.2 Å². The number of carbonyl (C=O) groups excluding carboxylic acids is 3. The molecule has 0 fully saturated rings. The molecule has 2 heterocycles. The highest BCUT2D eigenvalue weighted by Gasteiger charge is 2.26. The van der Waals surface area contributed by atoms with Crippen LogP contribution in [0, 0.1) is 5.41 Å². The van der Waals surface area contributed by atoms with Crippen LogP contribution >= 0.6 is 0 Å². The molecule has 2 N–H and O–H groups in total. The number of methoxy groups -OCH3 is 1. The van der Waals surface area contributed by atoms with E-state index in [0.29, 0.717) is 23.2 Å². The van der Waals surface area contributed by atoms with Gasteiger partial charge < -0.3 is 34.3 Å². The first-order chi connectivity index (χ1) is 21.5. The number of hydrogen-bond donors (Lipinski definition) is 2. The Morgan fingerprint density at radius 1 is 1.11 bits per heavy atom. The Bertz CT molecular complexity index is 1700. The van der Waals surface area contributed by atoms with Crippen molar-refractivity contribution in [2.24, 2.45) is 5.41 Å². The van der Waals surface area contributed by atoms with Crippen LogP contribution in [-0.2, 0) is 27.3 Å². The normalized spacial score (nSPS) is 12.2. The smallest absolute Gasteiger partial charge is 0.417 e. The number of rotatable bonds is 11. The lowest BCUT2D eigenvalue weighted by Crippen LogP contribution is -2.37. The molecule has 3 aromatic rings. The van der Waals surface area contributed by atoms with Crippen molar-refractivity contribution >= 4 is 40.7 Å². The van der Waals surface area contributed by atoms with Gasteiger partial charge in [0.05, 0.1) is 24.7 Å². The SMILES string of the molecule is COc1cc(CC(C)(C)C)c2nc(Cn3cccc(NC(=O)C(CC/C=C/C(=O)N(C)C)OC(=O)N(C)C)c3=O)n(C(=O)O)c2c1. The third-order valence-corrected chi connectivity index (χ3v) is 6.82. The molecule has 0 saturated heterocycles. The summed E-state index contributed by atoms with van der Waals surface area (Å²) in [5, 5.41) is 12.7. The maximum absolute atomic E-state index is 13.5. The maximum Gasteiger partial charge on any atom is 0.417 e. The van der Waals surface area contributed by atoms with Crippen LogP contribution < -0.4 is 15.6 Å². The zero-order chi connectivity index (χ0) is 34.3. The van der Waals surface area contributed by atoms with Gasteiger partial charge in [0.1, 0.15) is 17.3 Å². The van der Waals surface area contributed by atoms with Crippen molar-refractivity contribution in [3.05, 3.63) is 64.4 Å². The van der Waals surface area contributed by atoms with Gasteiger partial charge >= 0.3 is 12.2 Å². The number of fused-ring (bicyclic) bond motifs is 1. The highest BCUT2D eigenvalue weighted by Crippen LogP contribution is 2.31. The Morgan fingerprint density at radius 2 is 1.80 bits per heavy atom. The van der Waals surface area contributed by atoms with Crippen molar-refractivity contribution in [1.29, 1.82) is 0 Å². The number of imidazole rings is 1. The molecule has 0 saturated carbocycles. The number of nitrogens with zero attached hydrogens (tertiary/aromatic N) is 5. The second-order valence-electron chi connectivity index (χ2n) is 12.4. The number of benzene rings is 1. The summed E-state index contributed by atoms with van der Waals surface area (Å²) in [6.07, 6.45) is 1.96. The largest absolute Gasteiger partial charge is 0.497 e. The summed E-state index contributed by atoms with van der Waals surface area (Å²) >= 11 is 0. The lowest BCUT2D eigenvalue weighted by molar-refractivity contribution is -0.125. The molecule has 2 aromatic heterocycles. The second kappa shape index (κ2) is 14.8. The molecular formula is C32H42N6O8. The molecule has 1 atom stereocenters. The summed E-state index contributed by atoms with van der Waals surface area (Å²) in [4.78, 5) is 70.5. The highest BCUT2D eigenvalue weighted by molar-refractivity contribution is 5.95. The van der Waals surface area contributed by atoms with Crippen LogP contribution in [0.25, 0.3) is 11.0 Å². The number of nitrogens with one attached hydrogen (secondary N) is 1. The fraction of sp³-hybridized carbons (Fsp3) is 0.438. The summed E-state index contributed by atoms with van der Waals surface area (Å²) < 4.78 is 13.0. The molecule has 0 bridgehead atoms. The van der Waals surface area contributed by atoms with Gasteiger partial charge in [-0.3, -0.25) is 14.4 Å². The van der Waals surface area contributed by atoms with Crippen LogP contribution in [0.3, 0.4) is 0 Å². The number of anilines is 1. The Hall–Kier alpha value is -5.14. The van der Waals surface area contributed by atoms with Gasteiger partial charge in [0.25, 0.3) is 11.5 Å². The fourth-order valence-electron chi connectivity index (χ4n) is 4.58. The number of pyridine rings is 1. The van der Waals surface area contributed by atoms with Gasteiger partial charge in [0.15, 0.2) is 6.10 Å². The van der Waals surface area contributed by atoms with Crippen LogP contribution in [0.1, 0.15) is 45.0 Å². The lowest BCUT2D eigenvalue weighted by atomic mass is 9.87. The molecule has 0 aliphatic carbocycles. The number of carbonyl (C=O) groups is 4. The molecular weight excluding hydrogens is 596 g/mol. The van der Waals surface area contributed by atoms with Crippen LogP contribution in [-0.4, -0.2) is 94.4 Å². The summed E-state index contributed by atoms with van der Waals surface area (Å²) in [5.74, 6) is -0.411. The van der Waals surface area contributed by atoms with E-state index in [-0.39, 0.29) is 42.2 Å². The van der Waals surface area contributed by atoms with E-state index in [1.165, 1.54) is 55.1 Å². The third kappa shape index (κ3) is 8.96. The molecule has 3 rings (SSSR count). The summed E-state index contributed by atoms with van der Waals surface area (Å²) in [6, 6.07) is 6.33. The first-order valence-electron chi connectivity index (χ1n) is 14.6. The van der Waals surface area contributed by atoms with Crippen LogP contribution in [0.5, 0.6) is 5.75 Å². The van der Waals surface area contributed by atoms with Gasteiger partial charge in [-0.05, 0) is 54.5 Å². The lowest BCUT2D eigenvalue weighted by Gasteiger charge is -2.19. The molecule has 14 nitrogen and oxygen atoms in total. The van der Waals surface area contributed by atoms with E-state index >= 15 is 0 Å². The predicted molar refractivity (Wildman–Crippen MR) is 172 cm³/mol. The minimum atomic E-state index is -1.28. The minimum absolute atomic E-state index is 0.0483. The first kappa shape index (κ1) is 35.3. The zero-order valence-corrected chi connectivity index (χ0v) is 27.5. The average Bonchev–Trinajstić information content (AvgIpc) is 3.33. The van der Waals surface area contributed by atoms with E-state index < -0.39 is 29.8 Å².